The summed E-state index contributed by atoms with van der Waals surface area (Å²) in [6, 6.07) is 1.66. The Balaban J connectivity index is 2.16. The highest BCUT2D eigenvalue weighted by atomic mass is 32.2. The van der Waals surface area contributed by atoms with Gasteiger partial charge in [-0.25, -0.2) is 13.1 Å². The molecule has 0 spiro atoms. The molecule has 0 aromatic carbocycles. The summed E-state index contributed by atoms with van der Waals surface area (Å²) in [5, 5.41) is 9.35. The molecule has 2 rings (SSSR count). The van der Waals surface area contributed by atoms with E-state index in [1.54, 1.807) is 28.6 Å². The van der Waals surface area contributed by atoms with Crippen LogP contribution in [0.5, 0.6) is 0 Å². The number of sulfonamides is 1. The average molecular weight is 332 g/mol. The first kappa shape index (κ1) is 16.9. The molecule has 1 aliphatic carbocycles. The normalized spacial score (nSPS) is 18.0. The topological polar surface area (TPSA) is 71.3 Å². The molecule has 0 bridgehead atoms. The molecular weight excluding hydrogens is 308 g/mol. The SMILES string of the molecule is CSC1(CNS(=O)(=O)c2cc(CO)n(C(C)C)c2)CCC1. The van der Waals surface area contributed by atoms with Gasteiger partial charge in [0.25, 0.3) is 0 Å². The minimum Gasteiger partial charge on any atom is -0.390 e. The number of thioether (sulfide) groups is 1. The van der Waals surface area contributed by atoms with E-state index in [4.69, 9.17) is 0 Å². The summed E-state index contributed by atoms with van der Waals surface area (Å²) in [6.07, 6.45) is 6.93. The smallest absolute Gasteiger partial charge is 0.242 e. The lowest BCUT2D eigenvalue weighted by molar-refractivity contribution is 0.268. The molecule has 1 aromatic heterocycles. The van der Waals surface area contributed by atoms with Crippen molar-refractivity contribution >= 4 is 21.8 Å². The van der Waals surface area contributed by atoms with Gasteiger partial charge < -0.3 is 9.67 Å². The Morgan fingerprint density at radius 3 is 2.52 bits per heavy atom. The number of hydrogen-bond acceptors (Lipinski definition) is 4. The summed E-state index contributed by atoms with van der Waals surface area (Å²) in [7, 11) is -3.52. The third-order valence-corrected chi connectivity index (χ3v) is 7.00. The fourth-order valence-corrected chi connectivity index (χ4v) is 4.77. The lowest BCUT2D eigenvalue weighted by Crippen LogP contribution is -2.45. The fraction of sp³-hybridized carbons (Fsp3) is 0.714. The van der Waals surface area contributed by atoms with Gasteiger partial charge in [-0.3, -0.25) is 0 Å². The van der Waals surface area contributed by atoms with E-state index < -0.39 is 10.0 Å². The maximum atomic E-state index is 12.4. The molecule has 1 aromatic rings. The molecule has 1 heterocycles. The monoisotopic (exact) mass is 332 g/mol. The van der Waals surface area contributed by atoms with Gasteiger partial charge >= 0.3 is 0 Å². The van der Waals surface area contributed by atoms with E-state index in [0.717, 1.165) is 12.8 Å². The van der Waals surface area contributed by atoms with Gasteiger partial charge in [0.15, 0.2) is 0 Å². The van der Waals surface area contributed by atoms with Crippen molar-refractivity contribution < 1.29 is 13.5 Å². The summed E-state index contributed by atoms with van der Waals surface area (Å²) >= 11 is 1.74. The van der Waals surface area contributed by atoms with E-state index in [9.17, 15) is 13.5 Å². The van der Waals surface area contributed by atoms with Gasteiger partial charge in [-0.1, -0.05) is 6.42 Å². The minimum absolute atomic E-state index is 0.0630. The molecule has 1 fully saturated rings. The highest BCUT2D eigenvalue weighted by molar-refractivity contribution is 8.00. The zero-order chi connectivity index (χ0) is 15.7. The Morgan fingerprint density at radius 1 is 1.48 bits per heavy atom. The molecule has 0 atom stereocenters. The molecule has 7 heteroatoms. The molecule has 0 saturated heterocycles. The standard InChI is InChI=1S/C14H24N2O3S2/c1-11(2)16-8-13(7-12(16)9-17)21(18,19)15-10-14(20-3)5-4-6-14/h7-8,11,15,17H,4-6,9-10H2,1-3H3. The van der Waals surface area contributed by atoms with Gasteiger partial charge in [0.05, 0.1) is 11.5 Å². The molecule has 1 saturated carbocycles. The third-order valence-electron chi connectivity index (χ3n) is 4.22. The van der Waals surface area contributed by atoms with Crippen LogP contribution in [0.4, 0.5) is 0 Å². The largest absolute Gasteiger partial charge is 0.390 e. The number of aliphatic hydroxyl groups is 1. The lowest BCUT2D eigenvalue weighted by Gasteiger charge is -2.40. The van der Waals surface area contributed by atoms with Crippen LogP contribution in [-0.4, -0.2) is 35.6 Å². The van der Waals surface area contributed by atoms with Crippen LogP contribution in [0.25, 0.3) is 0 Å². The molecule has 0 radical (unpaired) electrons. The zero-order valence-electron chi connectivity index (χ0n) is 12.8. The van der Waals surface area contributed by atoms with Crippen molar-refractivity contribution in [3.8, 4) is 0 Å². The molecule has 21 heavy (non-hydrogen) atoms. The Labute approximate surface area is 131 Å². The van der Waals surface area contributed by atoms with Crippen molar-refractivity contribution in [2.24, 2.45) is 0 Å². The number of aliphatic hydroxyl groups excluding tert-OH is 1. The van der Waals surface area contributed by atoms with Gasteiger partial charge in [-0.05, 0) is 39.0 Å². The van der Waals surface area contributed by atoms with Gasteiger partial charge in [0.1, 0.15) is 0 Å². The fourth-order valence-electron chi connectivity index (χ4n) is 2.59. The lowest BCUT2D eigenvalue weighted by atomic mass is 9.84. The van der Waals surface area contributed by atoms with Crippen molar-refractivity contribution in [3.63, 3.8) is 0 Å². The Hall–Kier alpha value is -0.500. The quantitative estimate of drug-likeness (QED) is 0.802. The van der Waals surface area contributed by atoms with E-state index in [-0.39, 0.29) is 22.3 Å². The predicted octanol–water partition coefficient (Wildman–Crippen LogP) is 2.13. The van der Waals surface area contributed by atoms with Crippen LogP contribution in [0.1, 0.15) is 44.8 Å². The summed E-state index contributed by atoms with van der Waals surface area (Å²) in [5.41, 5.74) is 0.619. The number of aromatic nitrogens is 1. The molecule has 0 aliphatic heterocycles. The van der Waals surface area contributed by atoms with Crippen molar-refractivity contribution in [2.75, 3.05) is 12.8 Å². The van der Waals surface area contributed by atoms with E-state index in [2.05, 4.69) is 4.72 Å². The van der Waals surface area contributed by atoms with E-state index in [1.165, 1.54) is 6.42 Å². The van der Waals surface area contributed by atoms with Crippen molar-refractivity contribution in [1.82, 2.24) is 9.29 Å². The maximum absolute atomic E-state index is 12.4. The summed E-state index contributed by atoms with van der Waals surface area (Å²) in [4.78, 5) is 0.232. The van der Waals surface area contributed by atoms with Crippen LogP contribution in [-0.2, 0) is 16.6 Å². The second-order valence-electron chi connectivity index (χ2n) is 5.89. The first-order valence-corrected chi connectivity index (χ1v) is 9.91. The van der Waals surface area contributed by atoms with Crippen LogP contribution < -0.4 is 4.72 Å². The second kappa shape index (κ2) is 6.32. The van der Waals surface area contributed by atoms with Crippen LogP contribution >= 0.6 is 11.8 Å². The summed E-state index contributed by atoms with van der Waals surface area (Å²) in [5.74, 6) is 0. The Kier molecular flexibility index (Phi) is 5.07. The van der Waals surface area contributed by atoms with Crippen molar-refractivity contribution in [1.29, 1.82) is 0 Å². The van der Waals surface area contributed by atoms with Crippen molar-refractivity contribution in [2.45, 2.75) is 55.4 Å². The molecule has 5 nitrogen and oxygen atoms in total. The molecular formula is C14H24N2O3S2. The Morgan fingerprint density at radius 2 is 2.14 bits per heavy atom. The van der Waals surface area contributed by atoms with Crippen LogP contribution in [0.2, 0.25) is 0 Å². The van der Waals surface area contributed by atoms with Crippen LogP contribution in [0.3, 0.4) is 0 Å². The van der Waals surface area contributed by atoms with Crippen molar-refractivity contribution in [3.05, 3.63) is 18.0 Å². The Bertz CT molecular complexity index is 584. The predicted molar refractivity (Wildman–Crippen MR) is 86.0 cm³/mol. The first-order chi connectivity index (χ1) is 9.83. The van der Waals surface area contributed by atoms with Gasteiger partial charge in [-0.2, -0.15) is 11.8 Å². The first-order valence-electron chi connectivity index (χ1n) is 7.20. The van der Waals surface area contributed by atoms with Crippen LogP contribution in [0.15, 0.2) is 17.2 Å². The minimum atomic E-state index is -3.52. The molecule has 0 unspecified atom stereocenters. The van der Waals surface area contributed by atoms with E-state index in [0.29, 0.717) is 12.2 Å². The average Bonchev–Trinajstić information content (AvgIpc) is 2.83. The molecule has 120 valence electrons. The van der Waals surface area contributed by atoms with Gasteiger partial charge in [0, 0.05) is 29.2 Å². The number of nitrogens with zero attached hydrogens (tertiary/aromatic N) is 1. The number of hydrogen-bond donors (Lipinski definition) is 2. The third kappa shape index (κ3) is 3.47. The van der Waals surface area contributed by atoms with Crippen LogP contribution in [0, 0.1) is 0 Å². The van der Waals surface area contributed by atoms with Gasteiger partial charge in [-0.15, -0.1) is 0 Å². The zero-order valence-corrected chi connectivity index (χ0v) is 14.4. The number of nitrogens with one attached hydrogen (secondary N) is 1. The molecule has 0 amide bonds. The number of rotatable bonds is 7. The summed E-state index contributed by atoms with van der Waals surface area (Å²) in [6.45, 7) is 4.22. The van der Waals surface area contributed by atoms with E-state index in [1.807, 2.05) is 20.1 Å². The molecule has 2 N–H and O–H groups in total. The maximum Gasteiger partial charge on any atom is 0.242 e. The highest BCUT2D eigenvalue weighted by Gasteiger charge is 2.37. The highest BCUT2D eigenvalue weighted by Crippen LogP contribution is 2.42. The van der Waals surface area contributed by atoms with Gasteiger partial charge in [0.2, 0.25) is 10.0 Å². The second-order valence-corrected chi connectivity index (χ2v) is 8.93. The van der Waals surface area contributed by atoms with E-state index >= 15 is 0 Å². The summed E-state index contributed by atoms with van der Waals surface area (Å²) < 4.78 is 29.4. The molecule has 1 aliphatic rings.